The smallest absolute Gasteiger partial charge is 0.404 e. The van der Waals surface area contributed by atoms with Crippen LogP contribution in [0, 0.1) is 0 Å². The number of aromatic amines is 1. The molecule has 1 aromatic carbocycles. The molecule has 0 bridgehead atoms. The maximum Gasteiger partial charge on any atom is 0.404 e. The quantitative estimate of drug-likeness (QED) is 0.325. The van der Waals surface area contributed by atoms with E-state index in [0.29, 0.717) is 18.4 Å². The van der Waals surface area contributed by atoms with Gasteiger partial charge in [0.1, 0.15) is 17.1 Å². The Morgan fingerprint density at radius 3 is 2.66 bits per heavy atom. The number of nitrogens with zero attached hydrogens (tertiary/aromatic N) is 2. The third-order valence-corrected chi connectivity index (χ3v) is 8.25. The maximum atomic E-state index is 12.8. The van der Waals surface area contributed by atoms with E-state index < -0.39 is 17.1 Å². The fourth-order valence-corrected chi connectivity index (χ4v) is 6.16. The molecule has 2 heterocycles. The Bertz CT molecular complexity index is 1120. The minimum absolute atomic E-state index is 0.150. The van der Waals surface area contributed by atoms with Crippen LogP contribution in [0.4, 0.5) is 16.4 Å². The molecule has 2 aliphatic rings. The van der Waals surface area contributed by atoms with Gasteiger partial charge in [0.2, 0.25) is 5.95 Å². The number of nitrogens with one attached hydrogen (secondary N) is 3. The van der Waals surface area contributed by atoms with Gasteiger partial charge < -0.3 is 20.8 Å². The van der Waals surface area contributed by atoms with Crippen molar-refractivity contribution in [1.29, 1.82) is 0 Å². The number of thiazole rings is 1. The number of imidazole rings is 1. The van der Waals surface area contributed by atoms with Crippen molar-refractivity contribution < 1.29 is 13.7 Å². The number of benzene rings is 1. The van der Waals surface area contributed by atoms with Crippen molar-refractivity contribution in [1.82, 2.24) is 19.7 Å². The van der Waals surface area contributed by atoms with E-state index in [9.17, 15) is 9.00 Å². The van der Waals surface area contributed by atoms with Crippen molar-refractivity contribution in [2.45, 2.75) is 68.8 Å². The molecule has 2 fully saturated rings. The van der Waals surface area contributed by atoms with Gasteiger partial charge in [0.15, 0.2) is 0 Å². The number of carbonyl (C=O) groups excluding carboxylic acids is 1. The van der Waals surface area contributed by atoms with Crippen molar-refractivity contribution in [2.75, 3.05) is 11.9 Å². The van der Waals surface area contributed by atoms with Crippen LogP contribution in [0.1, 0.15) is 62.8 Å². The summed E-state index contributed by atoms with van der Waals surface area (Å²) in [4.78, 5) is 23.6. The topological polar surface area (TPSA) is 135 Å². The number of aromatic nitrogens is 3. The minimum Gasteiger partial charge on any atom is -0.446 e. The lowest BCUT2D eigenvalue weighted by atomic mass is 9.90. The summed E-state index contributed by atoms with van der Waals surface area (Å²) >= 11 is 1.74. The number of hydrogen-bond donors (Lipinski definition) is 4. The fourth-order valence-electron chi connectivity index (χ4n) is 3.94. The van der Waals surface area contributed by atoms with E-state index >= 15 is 0 Å². The first-order valence-electron chi connectivity index (χ1n) is 12.0. The van der Waals surface area contributed by atoms with Gasteiger partial charge in [-0.3, -0.25) is 0 Å². The molecule has 5 N–H and O–H groups in total. The van der Waals surface area contributed by atoms with Gasteiger partial charge in [-0.15, -0.1) is 11.3 Å². The van der Waals surface area contributed by atoms with Crippen molar-refractivity contribution in [3.05, 3.63) is 41.8 Å². The lowest BCUT2D eigenvalue weighted by Crippen LogP contribution is -2.17. The number of rotatable bonds is 8. The van der Waals surface area contributed by atoms with Crippen LogP contribution in [-0.2, 0) is 15.7 Å². The van der Waals surface area contributed by atoms with E-state index in [2.05, 4.69) is 30.5 Å². The summed E-state index contributed by atoms with van der Waals surface area (Å²) in [5.41, 5.74) is 6.49. The highest BCUT2D eigenvalue weighted by atomic mass is 32.2. The van der Waals surface area contributed by atoms with E-state index in [-0.39, 0.29) is 6.10 Å². The third kappa shape index (κ3) is 7.36. The largest absolute Gasteiger partial charge is 0.446 e. The summed E-state index contributed by atoms with van der Waals surface area (Å²) in [7, 11) is -1.29. The Morgan fingerprint density at radius 2 is 2.03 bits per heavy atom. The molecule has 0 aliphatic heterocycles. The predicted octanol–water partition coefficient (Wildman–Crippen LogP) is 5.20. The van der Waals surface area contributed by atoms with Crippen molar-refractivity contribution in [3.8, 4) is 10.4 Å². The van der Waals surface area contributed by atoms with Crippen molar-refractivity contribution >= 4 is 40.1 Å². The summed E-state index contributed by atoms with van der Waals surface area (Å²) in [6.07, 6.45) is 13.3. The molecule has 188 valence electrons. The molecule has 11 heteroatoms. The summed E-state index contributed by atoms with van der Waals surface area (Å²) in [5.74, 6) is 1.24. The van der Waals surface area contributed by atoms with Crippen LogP contribution in [-0.4, -0.2) is 37.9 Å². The van der Waals surface area contributed by atoms with E-state index in [0.717, 1.165) is 33.9 Å². The molecule has 3 aromatic rings. The molecule has 35 heavy (non-hydrogen) atoms. The minimum atomic E-state index is -1.29. The SMILES string of the molecule is CCNS(=O)c1cc(Nc2ncc[nH]2)ccc1-c1cnc(C2CCCCC2)s1.NC(=O)OC1CC1. The molecule has 1 amide bonds. The van der Waals surface area contributed by atoms with Gasteiger partial charge in [-0.2, -0.15) is 0 Å². The van der Waals surface area contributed by atoms with Crippen LogP contribution in [0.5, 0.6) is 0 Å². The van der Waals surface area contributed by atoms with E-state index in [4.69, 9.17) is 4.98 Å². The van der Waals surface area contributed by atoms with Crippen LogP contribution < -0.4 is 15.8 Å². The Balaban J connectivity index is 0.000000356. The van der Waals surface area contributed by atoms with Gasteiger partial charge in [0.25, 0.3) is 0 Å². The summed E-state index contributed by atoms with van der Waals surface area (Å²) in [5, 5.41) is 4.43. The number of hydrogen-bond acceptors (Lipinski definition) is 7. The number of primary amides is 1. The normalized spacial score (nSPS) is 16.7. The molecular formula is C24H32N6O3S2. The summed E-state index contributed by atoms with van der Waals surface area (Å²) < 4.78 is 20.4. The Morgan fingerprint density at radius 1 is 1.23 bits per heavy atom. The average molecular weight is 517 g/mol. The van der Waals surface area contributed by atoms with Crippen molar-refractivity contribution in [2.24, 2.45) is 5.73 Å². The molecule has 0 radical (unpaired) electrons. The number of anilines is 2. The average Bonchev–Trinajstić information content (AvgIpc) is 3.31. The van der Waals surface area contributed by atoms with Crippen LogP contribution in [0.2, 0.25) is 0 Å². The zero-order valence-corrected chi connectivity index (χ0v) is 21.4. The Labute approximate surface area is 211 Å². The van der Waals surface area contributed by atoms with Gasteiger partial charge >= 0.3 is 6.09 Å². The molecular weight excluding hydrogens is 484 g/mol. The number of amides is 1. The maximum absolute atomic E-state index is 12.8. The molecule has 5 rings (SSSR count). The zero-order chi connectivity index (χ0) is 24.6. The molecule has 2 aromatic heterocycles. The first kappa shape index (κ1) is 25.3. The van der Waals surface area contributed by atoms with Crippen LogP contribution in [0.15, 0.2) is 41.7 Å². The molecule has 9 nitrogen and oxygen atoms in total. The third-order valence-electron chi connectivity index (χ3n) is 5.77. The standard InChI is InChI=1S/C20H25N5OS2.C4H7NO2/c1-2-24-28(26)18-12-15(25-20-21-10-11-22-20)8-9-16(18)17-13-23-19(27-17)14-6-4-3-5-7-14;5-4(6)7-3-1-2-3/h8-14,24H,2-7H2,1H3,(H2,21,22,25);3H,1-2H2,(H2,5,6). The van der Waals surface area contributed by atoms with E-state index in [1.54, 1.807) is 23.7 Å². The van der Waals surface area contributed by atoms with Crippen LogP contribution in [0.25, 0.3) is 10.4 Å². The van der Waals surface area contributed by atoms with Gasteiger partial charge in [0.05, 0.1) is 14.8 Å². The molecule has 2 aliphatic carbocycles. The van der Waals surface area contributed by atoms with E-state index in [1.807, 2.05) is 31.3 Å². The number of nitrogens with two attached hydrogens (primary N) is 1. The summed E-state index contributed by atoms with van der Waals surface area (Å²) in [6, 6.07) is 5.94. The van der Waals surface area contributed by atoms with E-state index in [1.165, 1.54) is 37.1 Å². The predicted molar refractivity (Wildman–Crippen MR) is 139 cm³/mol. The number of ether oxygens (including phenoxy) is 1. The first-order valence-corrected chi connectivity index (χ1v) is 14.0. The lowest BCUT2D eigenvalue weighted by Gasteiger charge is -2.18. The summed E-state index contributed by atoms with van der Waals surface area (Å²) in [6.45, 7) is 2.59. The highest BCUT2D eigenvalue weighted by Gasteiger charge is 2.24. The second kappa shape index (κ2) is 12.3. The molecule has 1 unspecified atom stereocenters. The molecule has 0 saturated heterocycles. The van der Waals surface area contributed by atoms with Crippen molar-refractivity contribution in [3.63, 3.8) is 0 Å². The Hall–Kier alpha value is -2.76. The van der Waals surface area contributed by atoms with Gasteiger partial charge in [0, 0.05) is 42.3 Å². The van der Waals surface area contributed by atoms with Gasteiger partial charge in [-0.05, 0) is 37.8 Å². The molecule has 0 spiro atoms. The lowest BCUT2D eigenvalue weighted by molar-refractivity contribution is 0.149. The second-order valence-electron chi connectivity index (χ2n) is 8.57. The molecule has 2 saturated carbocycles. The monoisotopic (exact) mass is 516 g/mol. The zero-order valence-electron chi connectivity index (χ0n) is 19.8. The molecule has 1 atom stereocenters. The van der Waals surface area contributed by atoms with Crippen LogP contribution >= 0.6 is 11.3 Å². The highest BCUT2D eigenvalue weighted by Crippen LogP contribution is 2.39. The number of H-pyrrole nitrogens is 1. The first-order chi connectivity index (χ1) is 17.0. The van der Waals surface area contributed by atoms with Gasteiger partial charge in [-0.25, -0.2) is 23.7 Å². The Kier molecular flexibility index (Phi) is 8.89. The highest BCUT2D eigenvalue weighted by molar-refractivity contribution is 7.83. The van der Waals surface area contributed by atoms with Crippen LogP contribution in [0.3, 0.4) is 0 Å². The van der Waals surface area contributed by atoms with Gasteiger partial charge in [-0.1, -0.05) is 32.3 Å². The number of carbonyl (C=O) groups is 1. The second-order valence-corrected chi connectivity index (χ2v) is 10.9. The fraction of sp³-hybridized carbons (Fsp3) is 0.458.